The minimum absolute atomic E-state index is 0.113. The molecule has 0 heterocycles. The number of rotatable bonds is 5. The first-order valence-electron chi connectivity index (χ1n) is 7.88. The van der Waals surface area contributed by atoms with Crippen LogP contribution in [0.15, 0.2) is 72.8 Å². The van der Waals surface area contributed by atoms with Gasteiger partial charge in [-0.25, -0.2) is 4.39 Å². The lowest BCUT2D eigenvalue weighted by Crippen LogP contribution is -2.05. The highest BCUT2D eigenvalue weighted by Gasteiger charge is 2.18. The average molecular weight is 374 g/mol. The Morgan fingerprint density at radius 1 is 0.769 bits per heavy atom. The highest BCUT2D eigenvalue weighted by molar-refractivity contribution is 7.81. The van der Waals surface area contributed by atoms with Gasteiger partial charge in [-0.15, -0.1) is 0 Å². The number of benzene rings is 3. The maximum absolute atomic E-state index is 13.3. The third kappa shape index (κ3) is 4.46. The zero-order valence-corrected chi connectivity index (χ0v) is 14.7. The minimum Gasteiger partial charge on any atom is -0.358 e. The van der Waals surface area contributed by atoms with Gasteiger partial charge in [-0.2, -0.15) is 8.42 Å². The molecule has 3 aromatic carbocycles. The lowest BCUT2D eigenvalue weighted by molar-refractivity contribution is 0.440. The monoisotopic (exact) mass is 374 g/mol. The molecule has 0 aliphatic carbocycles. The summed E-state index contributed by atoms with van der Waals surface area (Å²) in [4.78, 5) is 0. The summed E-state index contributed by atoms with van der Waals surface area (Å²) in [6.07, 6.45) is 0. The first-order valence-corrected chi connectivity index (χ1v) is 9.19. The van der Waals surface area contributed by atoms with E-state index in [2.05, 4.69) is 4.18 Å². The molecule has 3 nitrogen and oxygen atoms in total. The van der Waals surface area contributed by atoms with Gasteiger partial charge < -0.3 is 4.18 Å². The van der Waals surface area contributed by atoms with Gasteiger partial charge in [0.25, 0.3) is 0 Å². The summed E-state index contributed by atoms with van der Waals surface area (Å²) in [7, 11) is -5.07. The SMILES string of the molecule is Cc1ccc(C(c2ccc(F)cc2)c2ccc(OS(=O)(=O)F)cc2)cc1. The predicted molar refractivity (Wildman–Crippen MR) is 95.6 cm³/mol. The van der Waals surface area contributed by atoms with Crippen molar-refractivity contribution in [3.8, 4) is 5.75 Å². The van der Waals surface area contributed by atoms with Crippen molar-refractivity contribution < 1.29 is 20.9 Å². The Balaban J connectivity index is 2.03. The van der Waals surface area contributed by atoms with E-state index < -0.39 is 10.5 Å². The molecule has 0 amide bonds. The smallest absolute Gasteiger partial charge is 0.358 e. The Labute approximate surface area is 151 Å². The van der Waals surface area contributed by atoms with Crippen molar-refractivity contribution in [2.75, 3.05) is 0 Å². The third-order valence-corrected chi connectivity index (χ3v) is 4.41. The van der Waals surface area contributed by atoms with Crippen LogP contribution in [-0.2, 0) is 10.5 Å². The highest BCUT2D eigenvalue weighted by atomic mass is 32.3. The Morgan fingerprint density at radius 3 is 1.65 bits per heavy atom. The van der Waals surface area contributed by atoms with Crippen molar-refractivity contribution in [1.82, 2.24) is 0 Å². The quantitative estimate of drug-likeness (QED) is 0.471. The first-order chi connectivity index (χ1) is 12.3. The van der Waals surface area contributed by atoms with Gasteiger partial charge >= 0.3 is 10.5 Å². The van der Waals surface area contributed by atoms with E-state index in [4.69, 9.17) is 0 Å². The summed E-state index contributed by atoms with van der Waals surface area (Å²) in [5, 5.41) is 0. The number of hydrogen-bond acceptors (Lipinski definition) is 3. The molecule has 1 atom stereocenters. The lowest BCUT2D eigenvalue weighted by atomic mass is 9.85. The van der Waals surface area contributed by atoms with E-state index in [1.165, 1.54) is 24.3 Å². The Hall–Kier alpha value is -2.73. The third-order valence-electron chi connectivity index (χ3n) is 4.02. The summed E-state index contributed by atoms with van der Waals surface area (Å²) >= 11 is 0. The molecule has 0 bridgehead atoms. The average Bonchev–Trinajstić information content (AvgIpc) is 2.59. The Morgan fingerprint density at radius 2 is 1.19 bits per heavy atom. The van der Waals surface area contributed by atoms with Gasteiger partial charge in [-0.3, -0.25) is 0 Å². The molecule has 0 radical (unpaired) electrons. The van der Waals surface area contributed by atoms with E-state index in [1.807, 2.05) is 31.2 Å². The summed E-state index contributed by atoms with van der Waals surface area (Å²) in [6, 6.07) is 20.2. The molecule has 3 rings (SSSR count). The van der Waals surface area contributed by atoms with E-state index in [9.17, 15) is 16.7 Å². The van der Waals surface area contributed by atoms with Crippen LogP contribution in [0.5, 0.6) is 5.75 Å². The van der Waals surface area contributed by atoms with E-state index in [-0.39, 0.29) is 17.5 Å². The van der Waals surface area contributed by atoms with Gasteiger partial charge in [0, 0.05) is 5.92 Å². The van der Waals surface area contributed by atoms with Crippen LogP contribution < -0.4 is 4.18 Å². The zero-order valence-electron chi connectivity index (χ0n) is 13.9. The molecule has 3 aromatic rings. The molecule has 0 N–H and O–H groups in total. The van der Waals surface area contributed by atoms with Crippen LogP contribution >= 0.6 is 0 Å². The largest absolute Gasteiger partial charge is 0.488 e. The fraction of sp³-hybridized carbons (Fsp3) is 0.100. The normalized spacial score (nSPS) is 12.6. The van der Waals surface area contributed by atoms with Crippen molar-refractivity contribution in [2.45, 2.75) is 12.8 Å². The van der Waals surface area contributed by atoms with Crippen molar-refractivity contribution in [2.24, 2.45) is 0 Å². The van der Waals surface area contributed by atoms with Gasteiger partial charge in [0.15, 0.2) is 0 Å². The van der Waals surface area contributed by atoms with Crippen LogP contribution in [0.4, 0.5) is 8.28 Å². The fourth-order valence-electron chi connectivity index (χ4n) is 2.82. The second-order valence-corrected chi connectivity index (χ2v) is 6.89. The Bertz CT molecular complexity index is 935. The molecule has 6 heteroatoms. The van der Waals surface area contributed by atoms with E-state index >= 15 is 0 Å². The maximum Gasteiger partial charge on any atom is 0.488 e. The molecular weight excluding hydrogens is 358 g/mol. The van der Waals surface area contributed by atoms with E-state index in [0.717, 1.165) is 22.3 Å². The summed E-state index contributed by atoms with van der Waals surface area (Å²) < 4.78 is 51.4. The summed E-state index contributed by atoms with van der Waals surface area (Å²) in [6.45, 7) is 1.99. The van der Waals surface area contributed by atoms with Crippen LogP contribution in [-0.4, -0.2) is 8.42 Å². The molecule has 0 aromatic heterocycles. The molecule has 0 saturated heterocycles. The van der Waals surface area contributed by atoms with Crippen LogP contribution in [0, 0.1) is 12.7 Å². The lowest BCUT2D eigenvalue weighted by Gasteiger charge is -2.19. The van der Waals surface area contributed by atoms with Crippen LogP contribution in [0.3, 0.4) is 0 Å². The van der Waals surface area contributed by atoms with Crippen molar-refractivity contribution in [3.05, 3.63) is 101 Å². The second-order valence-electron chi connectivity index (χ2n) is 5.94. The maximum atomic E-state index is 13.3. The van der Waals surface area contributed by atoms with Gasteiger partial charge in [0.2, 0.25) is 0 Å². The van der Waals surface area contributed by atoms with Crippen molar-refractivity contribution in [3.63, 3.8) is 0 Å². The van der Waals surface area contributed by atoms with Crippen LogP contribution in [0.1, 0.15) is 28.2 Å². The Kier molecular flexibility index (Phi) is 5.04. The van der Waals surface area contributed by atoms with E-state index in [1.54, 1.807) is 24.3 Å². The molecule has 0 aliphatic rings. The van der Waals surface area contributed by atoms with Crippen LogP contribution in [0.2, 0.25) is 0 Å². The fourth-order valence-corrected chi connectivity index (χ4v) is 3.16. The number of aryl methyl sites for hydroxylation is 1. The molecule has 1 unspecified atom stereocenters. The number of halogens is 2. The predicted octanol–water partition coefficient (Wildman–Crippen LogP) is 4.91. The summed E-state index contributed by atoms with van der Waals surface area (Å²) in [5.41, 5.74) is 3.82. The topological polar surface area (TPSA) is 43.4 Å². The van der Waals surface area contributed by atoms with E-state index in [0.29, 0.717) is 0 Å². The van der Waals surface area contributed by atoms with Gasteiger partial charge in [-0.05, 0) is 47.9 Å². The first kappa shape index (κ1) is 18.1. The summed E-state index contributed by atoms with van der Waals surface area (Å²) in [5.74, 6) is -0.626. The standard InChI is InChI=1S/C20H16F2O3S/c1-14-2-4-15(5-3-14)20(16-6-10-18(21)11-7-16)17-8-12-19(13-9-17)25-26(22,23)24/h2-13,20H,1H3. The highest BCUT2D eigenvalue weighted by Crippen LogP contribution is 2.33. The zero-order chi connectivity index (χ0) is 18.7. The van der Waals surface area contributed by atoms with Gasteiger partial charge in [0.05, 0.1) is 0 Å². The van der Waals surface area contributed by atoms with Gasteiger partial charge in [-0.1, -0.05) is 58.0 Å². The van der Waals surface area contributed by atoms with Gasteiger partial charge in [0.1, 0.15) is 11.6 Å². The molecule has 0 saturated carbocycles. The molecular formula is C20H16F2O3S. The molecule has 0 spiro atoms. The number of hydrogen-bond donors (Lipinski definition) is 0. The molecule has 26 heavy (non-hydrogen) atoms. The van der Waals surface area contributed by atoms with Crippen molar-refractivity contribution >= 4 is 10.5 Å². The van der Waals surface area contributed by atoms with Crippen molar-refractivity contribution in [1.29, 1.82) is 0 Å². The molecule has 0 fully saturated rings. The molecule has 134 valence electrons. The molecule has 0 aliphatic heterocycles. The minimum atomic E-state index is -5.07. The van der Waals surface area contributed by atoms with Crippen LogP contribution in [0.25, 0.3) is 0 Å². The second kappa shape index (κ2) is 7.25.